The van der Waals surface area contributed by atoms with Gasteiger partial charge in [0.05, 0.1) is 13.2 Å². The molecule has 2 atom stereocenters. The minimum Gasteiger partial charge on any atom is -0.366 e. The van der Waals surface area contributed by atoms with Gasteiger partial charge in [-0.25, -0.2) is 4.98 Å². The SMILES string of the molecule is O=P1(O)COCC(Cn2cncn2)O1. The van der Waals surface area contributed by atoms with E-state index in [1.807, 2.05) is 0 Å². The molecule has 1 aromatic rings. The smallest absolute Gasteiger partial charge is 0.353 e. The van der Waals surface area contributed by atoms with E-state index in [4.69, 9.17) is 14.2 Å². The van der Waals surface area contributed by atoms with Crippen molar-refractivity contribution < 1.29 is 18.7 Å². The van der Waals surface area contributed by atoms with Crippen molar-refractivity contribution in [3.8, 4) is 0 Å². The number of aromatic nitrogens is 3. The molecule has 2 rings (SSSR count). The van der Waals surface area contributed by atoms with E-state index in [0.29, 0.717) is 13.2 Å². The Labute approximate surface area is 80.2 Å². The molecule has 8 heteroatoms. The Kier molecular flexibility index (Phi) is 2.64. The lowest BCUT2D eigenvalue weighted by Gasteiger charge is -2.25. The van der Waals surface area contributed by atoms with Crippen LogP contribution in [-0.2, 0) is 20.4 Å². The molecular formula is C6H10N3O4P. The maximum atomic E-state index is 11.1. The molecule has 2 heterocycles. The summed E-state index contributed by atoms with van der Waals surface area (Å²) in [5.74, 6) is 0. The third-order valence-electron chi connectivity index (χ3n) is 1.73. The molecule has 1 aliphatic heterocycles. The molecule has 0 amide bonds. The molecule has 1 N–H and O–H groups in total. The zero-order chi connectivity index (χ0) is 10.0. The van der Waals surface area contributed by atoms with Gasteiger partial charge in [-0.3, -0.25) is 13.8 Å². The minimum absolute atomic E-state index is 0.235. The molecule has 0 radical (unpaired) electrons. The van der Waals surface area contributed by atoms with Gasteiger partial charge in [0.15, 0.2) is 0 Å². The van der Waals surface area contributed by atoms with Gasteiger partial charge in [-0.15, -0.1) is 0 Å². The van der Waals surface area contributed by atoms with Crippen molar-refractivity contribution >= 4 is 7.60 Å². The molecule has 78 valence electrons. The first-order chi connectivity index (χ1) is 6.66. The maximum Gasteiger partial charge on any atom is 0.353 e. The molecule has 0 aromatic carbocycles. The molecular weight excluding hydrogens is 209 g/mol. The number of nitrogens with zero attached hydrogens (tertiary/aromatic N) is 3. The third kappa shape index (κ3) is 2.39. The van der Waals surface area contributed by atoms with E-state index in [1.54, 1.807) is 0 Å². The van der Waals surface area contributed by atoms with Crippen molar-refractivity contribution in [3.05, 3.63) is 12.7 Å². The van der Waals surface area contributed by atoms with Gasteiger partial charge < -0.3 is 9.63 Å². The van der Waals surface area contributed by atoms with Crippen LogP contribution in [0.4, 0.5) is 0 Å². The van der Waals surface area contributed by atoms with Crippen molar-refractivity contribution in [2.45, 2.75) is 12.6 Å². The Morgan fingerprint density at radius 3 is 3.21 bits per heavy atom. The molecule has 0 aliphatic carbocycles. The van der Waals surface area contributed by atoms with Crippen LogP contribution in [0.25, 0.3) is 0 Å². The zero-order valence-electron chi connectivity index (χ0n) is 7.31. The molecule has 7 nitrogen and oxygen atoms in total. The average molecular weight is 219 g/mol. The summed E-state index contributed by atoms with van der Waals surface area (Å²) in [5.41, 5.74) is 0. The largest absolute Gasteiger partial charge is 0.366 e. The van der Waals surface area contributed by atoms with E-state index in [-0.39, 0.29) is 6.35 Å². The quantitative estimate of drug-likeness (QED) is 0.695. The molecule has 1 aromatic heterocycles. The van der Waals surface area contributed by atoms with Gasteiger partial charge in [-0.2, -0.15) is 5.10 Å². The van der Waals surface area contributed by atoms with Gasteiger partial charge in [0, 0.05) is 0 Å². The van der Waals surface area contributed by atoms with E-state index in [2.05, 4.69) is 10.1 Å². The number of rotatable bonds is 2. The summed E-state index contributed by atoms with van der Waals surface area (Å²) in [4.78, 5) is 12.9. The van der Waals surface area contributed by atoms with E-state index < -0.39 is 13.7 Å². The molecule has 14 heavy (non-hydrogen) atoms. The van der Waals surface area contributed by atoms with Crippen LogP contribution in [0.5, 0.6) is 0 Å². The van der Waals surface area contributed by atoms with Gasteiger partial charge in [0.1, 0.15) is 25.1 Å². The zero-order valence-corrected chi connectivity index (χ0v) is 8.21. The fraction of sp³-hybridized carbons (Fsp3) is 0.667. The van der Waals surface area contributed by atoms with Crippen molar-refractivity contribution in [2.24, 2.45) is 0 Å². The van der Waals surface area contributed by atoms with Crippen LogP contribution in [0, 0.1) is 0 Å². The highest BCUT2D eigenvalue weighted by molar-refractivity contribution is 7.52. The van der Waals surface area contributed by atoms with Crippen molar-refractivity contribution in [2.75, 3.05) is 13.0 Å². The number of hydrogen-bond acceptors (Lipinski definition) is 5. The van der Waals surface area contributed by atoms with E-state index in [1.165, 1.54) is 17.3 Å². The van der Waals surface area contributed by atoms with Crippen LogP contribution >= 0.6 is 7.60 Å². The first-order valence-electron chi connectivity index (χ1n) is 4.06. The van der Waals surface area contributed by atoms with E-state index in [9.17, 15) is 4.57 Å². The first-order valence-corrected chi connectivity index (χ1v) is 5.82. The second-order valence-corrected chi connectivity index (χ2v) is 4.73. The number of hydrogen-bond donors (Lipinski definition) is 1. The van der Waals surface area contributed by atoms with Gasteiger partial charge in [0.25, 0.3) is 0 Å². The first kappa shape index (κ1) is 9.79. The molecule has 0 bridgehead atoms. The monoisotopic (exact) mass is 219 g/mol. The molecule has 1 aliphatic rings. The summed E-state index contributed by atoms with van der Waals surface area (Å²) < 4.78 is 22.6. The average Bonchev–Trinajstić information content (AvgIpc) is 2.54. The molecule has 1 saturated heterocycles. The molecule has 0 spiro atoms. The Hall–Kier alpha value is -0.750. The topological polar surface area (TPSA) is 86.5 Å². The standard InChI is InChI=1S/C6H10N3O4P/c10-14(11)5-12-2-6(13-14)1-9-4-7-3-8-9/h3-4,6H,1-2,5H2,(H,10,11). The van der Waals surface area contributed by atoms with Crippen LogP contribution in [0.1, 0.15) is 0 Å². The Bertz CT molecular complexity index is 341. The van der Waals surface area contributed by atoms with Gasteiger partial charge >= 0.3 is 7.60 Å². The number of ether oxygens (including phenoxy) is 1. The van der Waals surface area contributed by atoms with Gasteiger partial charge in [-0.1, -0.05) is 0 Å². The maximum absolute atomic E-state index is 11.1. The molecule has 1 fully saturated rings. The predicted octanol–water partition coefficient (Wildman–Crippen LogP) is -0.164. The van der Waals surface area contributed by atoms with Crippen LogP contribution in [0.3, 0.4) is 0 Å². The van der Waals surface area contributed by atoms with Gasteiger partial charge in [-0.05, 0) is 0 Å². The second-order valence-electron chi connectivity index (χ2n) is 2.98. The summed E-state index contributed by atoms with van der Waals surface area (Å²) in [6, 6.07) is 0. The molecule has 2 unspecified atom stereocenters. The molecule has 0 saturated carbocycles. The normalized spacial score (nSPS) is 33.1. The van der Waals surface area contributed by atoms with E-state index in [0.717, 1.165) is 0 Å². The summed E-state index contributed by atoms with van der Waals surface area (Å²) in [5, 5.41) is 3.86. The van der Waals surface area contributed by atoms with Crippen molar-refractivity contribution in [1.82, 2.24) is 14.8 Å². The highest BCUT2D eigenvalue weighted by Crippen LogP contribution is 2.45. The lowest BCUT2D eigenvalue weighted by atomic mass is 10.4. The lowest BCUT2D eigenvalue weighted by molar-refractivity contribution is 0.00798. The summed E-state index contributed by atoms with van der Waals surface area (Å²) in [6.07, 6.45) is 2.23. The lowest BCUT2D eigenvalue weighted by Crippen LogP contribution is -2.29. The van der Waals surface area contributed by atoms with Crippen molar-refractivity contribution in [1.29, 1.82) is 0 Å². The van der Waals surface area contributed by atoms with Crippen molar-refractivity contribution in [3.63, 3.8) is 0 Å². The Balaban J connectivity index is 1.96. The van der Waals surface area contributed by atoms with Gasteiger partial charge in [0.2, 0.25) is 0 Å². The summed E-state index contributed by atoms with van der Waals surface area (Å²) in [7, 11) is -3.54. The summed E-state index contributed by atoms with van der Waals surface area (Å²) >= 11 is 0. The fourth-order valence-corrected chi connectivity index (χ4v) is 2.21. The van der Waals surface area contributed by atoms with Crippen LogP contribution in [-0.4, -0.2) is 38.7 Å². The minimum atomic E-state index is -3.54. The second kappa shape index (κ2) is 3.78. The highest BCUT2D eigenvalue weighted by atomic mass is 31.2. The Morgan fingerprint density at radius 2 is 2.57 bits per heavy atom. The Morgan fingerprint density at radius 1 is 1.71 bits per heavy atom. The van der Waals surface area contributed by atoms with Crippen LogP contribution in [0.2, 0.25) is 0 Å². The summed E-state index contributed by atoms with van der Waals surface area (Å²) in [6.45, 7) is 0.662. The van der Waals surface area contributed by atoms with Crippen LogP contribution < -0.4 is 0 Å². The highest BCUT2D eigenvalue weighted by Gasteiger charge is 2.31. The van der Waals surface area contributed by atoms with Crippen LogP contribution in [0.15, 0.2) is 12.7 Å². The third-order valence-corrected chi connectivity index (χ3v) is 2.87. The fourth-order valence-electron chi connectivity index (χ4n) is 1.21. The predicted molar refractivity (Wildman–Crippen MR) is 45.5 cm³/mol. The van der Waals surface area contributed by atoms with E-state index >= 15 is 0 Å².